The summed E-state index contributed by atoms with van der Waals surface area (Å²) in [6.45, 7) is 1.33. The first-order valence-corrected chi connectivity index (χ1v) is 5.50. The predicted octanol–water partition coefficient (Wildman–Crippen LogP) is 0.836. The molecule has 1 atom stereocenters. The fraction of sp³-hybridized carbons (Fsp3) is 0.700. The molecule has 0 aromatic carbocycles. The molecule has 0 spiro atoms. The van der Waals surface area contributed by atoms with Crippen LogP contribution in [-0.4, -0.2) is 40.3 Å². The van der Waals surface area contributed by atoms with E-state index in [4.69, 9.17) is 5.73 Å². The van der Waals surface area contributed by atoms with Crippen LogP contribution in [-0.2, 0) is 13.1 Å². The molecule has 1 aliphatic heterocycles. The molecule has 0 radical (unpaired) electrons. The zero-order chi connectivity index (χ0) is 12.5. The van der Waals surface area contributed by atoms with Gasteiger partial charge in [0, 0.05) is 38.6 Å². The molecule has 1 aromatic rings. The minimum Gasteiger partial charge on any atom is -0.333 e. The van der Waals surface area contributed by atoms with Crippen LogP contribution >= 0.6 is 0 Å². The second kappa shape index (κ2) is 4.66. The van der Waals surface area contributed by atoms with E-state index >= 15 is 0 Å². The Morgan fingerprint density at radius 3 is 2.82 bits per heavy atom. The molecule has 0 bridgehead atoms. The van der Waals surface area contributed by atoms with Crippen molar-refractivity contribution in [3.05, 3.63) is 18.2 Å². The maximum Gasteiger partial charge on any atom is 0.394 e. The molecule has 17 heavy (non-hydrogen) atoms. The summed E-state index contributed by atoms with van der Waals surface area (Å²) in [6.07, 6.45) is -0.707. The fourth-order valence-corrected chi connectivity index (χ4v) is 2.00. The van der Waals surface area contributed by atoms with E-state index in [1.54, 1.807) is 11.1 Å². The van der Waals surface area contributed by atoms with Gasteiger partial charge in [-0.25, -0.2) is 4.98 Å². The van der Waals surface area contributed by atoms with Gasteiger partial charge in [0.25, 0.3) is 0 Å². The number of hydrogen-bond donors (Lipinski definition) is 1. The monoisotopic (exact) mass is 248 g/mol. The van der Waals surface area contributed by atoms with Gasteiger partial charge in [-0.15, -0.1) is 0 Å². The Kier molecular flexibility index (Phi) is 3.39. The number of nitrogens with two attached hydrogens (primary N) is 1. The van der Waals surface area contributed by atoms with Gasteiger partial charge in [0.2, 0.25) is 0 Å². The van der Waals surface area contributed by atoms with E-state index < -0.39 is 12.1 Å². The number of imidazole rings is 1. The first-order chi connectivity index (χ1) is 8.00. The number of hydrogen-bond acceptors (Lipinski definition) is 3. The van der Waals surface area contributed by atoms with Gasteiger partial charge >= 0.3 is 6.18 Å². The Morgan fingerprint density at radius 2 is 2.18 bits per heavy atom. The highest BCUT2D eigenvalue weighted by molar-refractivity contribution is 4.95. The lowest BCUT2D eigenvalue weighted by Crippen LogP contribution is -2.43. The lowest BCUT2D eigenvalue weighted by molar-refractivity contribution is -0.177. The molecule has 2 heterocycles. The smallest absolute Gasteiger partial charge is 0.333 e. The van der Waals surface area contributed by atoms with Crippen LogP contribution in [0.25, 0.3) is 0 Å². The highest BCUT2D eigenvalue weighted by Gasteiger charge is 2.39. The normalized spacial score (nSPS) is 19.1. The second-order valence-corrected chi connectivity index (χ2v) is 4.25. The standard InChI is InChI=1S/C10H15F3N4/c11-10(12,13)8(5-14)6-16-3-4-17-2-1-15-9(17)7-16/h1-2,8H,3-7,14H2. The maximum atomic E-state index is 12.6. The van der Waals surface area contributed by atoms with Gasteiger partial charge in [-0.3, -0.25) is 4.90 Å². The van der Waals surface area contributed by atoms with Gasteiger partial charge in [0.05, 0.1) is 12.5 Å². The highest BCUT2D eigenvalue weighted by atomic mass is 19.4. The Bertz CT molecular complexity index is 374. The summed E-state index contributed by atoms with van der Waals surface area (Å²) in [6, 6.07) is 0. The minimum absolute atomic E-state index is 0.0488. The van der Waals surface area contributed by atoms with Crippen molar-refractivity contribution in [2.75, 3.05) is 19.6 Å². The molecule has 0 amide bonds. The van der Waals surface area contributed by atoms with Crippen LogP contribution in [0.5, 0.6) is 0 Å². The van der Waals surface area contributed by atoms with E-state index in [0.717, 1.165) is 5.82 Å². The third kappa shape index (κ3) is 2.78. The summed E-state index contributed by atoms with van der Waals surface area (Å²) >= 11 is 0. The van der Waals surface area contributed by atoms with E-state index in [1.807, 2.05) is 10.8 Å². The zero-order valence-corrected chi connectivity index (χ0v) is 9.32. The third-order valence-electron chi connectivity index (χ3n) is 3.05. The summed E-state index contributed by atoms with van der Waals surface area (Å²) in [5.41, 5.74) is 5.18. The molecular weight excluding hydrogens is 233 g/mol. The van der Waals surface area contributed by atoms with Crippen LogP contribution < -0.4 is 5.73 Å². The SMILES string of the molecule is NCC(CN1CCn2ccnc2C1)C(F)(F)F. The predicted molar refractivity (Wildman–Crippen MR) is 56.1 cm³/mol. The largest absolute Gasteiger partial charge is 0.394 e. The summed E-state index contributed by atoms with van der Waals surface area (Å²) < 4.78 is 39.7. The third-order valence-corrected chi connectivity index (χ3v) is 3.05. The Labute approximate surface area is 97.2 Å². The van der Waals surface area contributed by atoms with E-state index in [-0.39, 0.29) is 13.1 Å². The molecule has 0 aliphatic carbocycles. The minimum atomic E-state index is -4.22. The number of aromatic nitrogens is 2. The van der Waals surface area contributed by atoms with Crippen molar-refractivity contribution in [2.24, 2.45) is 11.7 Å². The summed E-state index contributed by atoms with van der Waals surface area (Å²) in [4.78, 5) is 5.87. The van der Waals surface area contributed by atoms with Gasteiger partial charge in [0.1, 0.15) is 5.82 Å². The van der Waals surface area contributed by atoms with Crippen molar-refractivity contribution >= 4 is 0 Å². The first kappa shape index (κ1) is 12.4. The maximum absolute atomic E-state index is 12.6. The van der Waals surface area contributed by atoms with Crippen molar-refractivity contribution in [1.29, 1.82) is 0 Å². The molecule has 0 saturated heterocycles. The van der Waals surface area contributed by atoms with Crippen molar-refractivity contribution in [2.45, 2.75) is 19.3 Å². The molecule has 1 unspecified atom stereocenters. The van der Waals surface area contributed by atoms with Gasteiger partial charge in [-0.1, -0.05) is 0 Å². The molecule has 0 fully saturated rings. The molecule has 7 heteroatoms. The van der Waals surface area contributed by atoms with E-state index in [0.29, 0.717) is 19.6 Å². The Hall–Kier alpha value is -1.08. The van der Waals surface area contributed by atoms with Crippen LogP contribution in [0.15, 0.2) is 12.4 Å². The van der Waals surface area contributed by atoms with Gasteiger partial charge in [0.15, 0.2) is 0 Å². The lowest BCUT2D eigenvalue weighted by Gasteiger charge is -2.31. The Morgan fingerprint density at radius 1 is 1.41 bits per heavy atom. The average molecular weight is 248 g/mol. The van der Waals surface area contributed by atoms with Crippen LogP contribution in [0.4, 0.5) is 13.2 Å². The summed E-state index contributed by atoms with van der Waals surface area (Å²) in [5, 5.41) is 0. The fourth-order valence-electron chi connectivity index (χ4n) is 2.00. The molecule has 0 saturated carbocycles. The van der Waals surface area contributed by atoms with Gasteiger partial charge in [-0.05, 0) is 0 Å². The van der Waals surface area contributed by atoms with E-state index in [2.05, 4.69) is 4.98 Å². The number of nitrogens with zero attached hydrogens (tertiary/aromatic N) is 3. The zero-order valence-electron chi connectivity index (χ0n) is 9.32. The van der Waals surface area contributed by atoms with Gasteiger partial charge in [-0.2, -0.15) is 13.2 Å². The van der Waals surface area contributed by atoms with Crippen molar-refractivity contribution in [1.82, 2.24) is 14.5 Å². The summed E-state index contributed by atoms with van der Waals surface area (Å²) in [5.74, 6) is -0.641. The lowest BCUT2D eigenvalue weighted by atomic mass is 10.1. The average Bonchev–Trinajstić information content (AvgIpc) is 2.71. The summed E-state index contributed by atoms with van der Waals surface area (Å²) in [7, 11) is 0. The topological polar surface area (TPSA) is 47.1 Å². The molecule has 1 aromatic heterocycles. The second-order valence-electron chi connectivity index (χ2n) is 4.25. The number of halogens is 3. The molecule has 4 nitrogen and oxygen atoms in total. The van der Waals surface area contributed by atoms with E-state index in [1.165, 1.54) is 0 Å². The van der Waals surface area contributed by atoms with Crippen LogP contribution in [0.2, 0.25) is 0 Å². The number of rotatable bonds is 3. The first-order valence-electron chi connectivity index (χ1n) is 5.50. The molecule has 2 N–H and O–H groups in total. The van der Waals surface area contributed by atoms with Gasteiger partial charge < -0.3 is 10.3 Å². The van der Waals surface area contributed by atoms with Crippen molar-refractivity contribution in [3.8, 4) is 0 Å². The number of fused-ring (bicyclic) bond motifs is 1. The van der Waals surface area contributed by atoms with E-state index in [9.17, 15) is 13.2 Å². The van der Waals surface area contributed by atoms with Crippen LogP contribution in [0.1, 0.15) is 5.82 Å². The molecule has 2 rings (SSSR count). The number of alkyl halides is 3. The van der Waals surface area contributed by atoms with Crippen LogP contribution in [0, 0.1) is 5.92 Å². The highest BCUT2D eigenvalue weighted by Crippen LogP contribution is 2.27. The molecule has 96 valence electrons. The Balaban J connectivity index is 1.97. The molecule has 1 aliphatic rings. The quantitative estimate of drug-likeness (QED) is 0.862. The van der Waals surface area contributed by atoms with Crippen LogP contribution in [0.3, 0.4) is 0 Å². The molecular formula is C10H15F3N4. The van der Waals surface area contributed by atoms with Crippen molar-refractivity contribution in [3.63, 3.8) is 0 Å². The van der Waals surface area contributed by atoms with Crippen molar-refractivity contribution < 1.29 is 13.2 Å².